The van der Waals surface area contributed by atoms with E-state index in [1.54, 1.807) is 35.0 Å². The number of ether oxygens (including phenoxy) is 1. The Hall–Kier alpha value is -1.94. The van der Waals surface area contributed by atoms with Gasteiger partial charge in [-0.25, -0.2) is 13.4 Å². The van der Waals surface area contributed by atoms with Crippen molar-refractivity contribution in [2.45, 2.75) is 64.5 Å². The van der Waals surface area contributed by atoms with Gasteiger partial charge >= 0.3 is 0 Å². The first-order chi connectivity index (χ1) is 16.9. The third-order valence-electron chi connectivity index (χ3n) is 6.06. The van der Waals surface area contributed by atoms with Gasteiger partial charge in [0.1, 0.15) is 0 Å². The van der Waals surface area contributed by atoms with Crippen LogP contribution < -0.4 is 0 Å². The number of nitrogens with zero attached hydrogens (tertiary/aromatic N) is 4. The molecule has 0 spiro atoms. The fourth-order valence-electron chi connectivity index (χ4n) is 4.33. The summed E-state index contributed by atoms with van der Waals surface area (Å²) in [5, 5.41) is 0.507. The molecule has 2 heterocycles. The lowest BCUT2D eigenvalue weighted by Gasteiger charge is -2.32. The lowest BCUT2D eigenvalue weighted by Crippen LogP contribution is -2.43. The molecule has 0 aliphatic carbocycles. The molecule has 1 fully saturated rings. The number of amides is 1. The summed E-state index contributed by atoms with van der Waals surface area (Å²) in [4.78, 5) is 21.8. The second-order valence-electron chi connectivity index (χ2n) is 10.9. The second-order valence-corrected chi connectivity index (χ2v) is 13.2. The van der Waals surface area contributed by atoms with Gasteiger partial charge in [0.2, 0.25) is 20.9 Å². The van der Waals surface area contributed by atoms with E-state index in [1.165, 1.54) is 0 Å². The van der Waals surface area contributed by atoms with Crippen molar-refractivity contribution in [2.75, 3.05) is 39.4 Å². The van der Waals surface area contributed by atoms with Crippen LogP contribution in [0.15, 0.2) is 35.6 Å². The van der Waals surface area contributed by atoms with E-state index in [1.807, 2.05) is 39.5 Å². The molecular weight excluding hydrogens is 500 g/mol. The van der Waals surface area contributed by atoms with Crippen LogP contribution in [-0.4, -0.2) is 73.1 Å². The maximum atomic E-state index is 13.4. The minimum absolute atomic E-state index is 0.0175. The number of benzene rings is 1. The minimum Gasteiger partial charge on any atom is -0.379 e. The lowest BCUT2D eigenvalue weighted by molar-refractivity contribution is -0.134. The van der Waals surface area contributed by atoms with Crippen molar-refractivity contribution in [2.24, 2.45) is 5.41 Å². The first-order valence-electron chi connectivity index (χ1n) is 12.5. The highest BCUT2D eigenvalue weighted by atomic mass is 35.5. The molecule has 36 heavy (non-hydrogen) atoms. The van der Waals surface area contributed by atoms with E-state index in [2.05, 4.69) is 9.88 Å². The van der Waals surface area contributed by atoms with Crippen LogP contribution in [0.4, 0.5) is 0 Å². The third kappa shape index (κ3) is 8.03. The van der Waals surface area contributed by atoms with E-state index >= 15 is 0 Å². The van der Waals surface area contributed by atoms with Crippen LogP contribution in [-0.2, 0) is 31.7 Å². The quantitative estimate of drug-likeness (QED) is 0.451. The highest BCUT2D eigenvalue weighted by molar-refractivity contribution is 7.90. The monoisotopic (exact) mass is 538 g/mol. The lowest BCUT2D eigenvalue weighted by atomic mass is 9.91. The maximum absolute atomic E-state index is 13.4. The van der Waals surface area contributed by atoms with E-state index in [0.29, 0.717) is 49.0 Å². The number of hydrogen-bond acceptors (Lipinski definition) is 6. The van der Waals surface area contributed by atoms with Gasteiger partial charge in [-0.05, 0) is 37.0 Å². The van der Waals surface area contributed by atoms with Crippen molar-refractivity contribution in [1.82, 2.24) is 19.4 Å². The van der Waals surface area contributed by atoms with E-state index < -0.39 is 9.84 Å². The van der Waals surface area contributed by atoms with Crippen molar-refractivity contribution in [3.05, 3.63) is 46.7 Å². The molecule has 0 N–H and O–H groups in total. The molecule has 1 aromatic carbocycles. The average molecular weight is 539 g/mol. The summed E-state index contributed by atoms with van der Waals surface area (Å²) in [6.45, 7) is 14.7. The van der Waals surface area contributed by atoms with Gasteiger partial charge in [0.25, 0.3) is 0 Å². The molecule has 8 nitrogen and oxygen atoms in total. The first kappa shape index (κ1) is 28.6. The Bertz CT molecular complexity index is 1140. The zero-order valence-electron chi connectivity index (χ0n) is 22.0. The smallest absolute Gasteiger partial charge is 0.228 e. The zero-order valence-corrected chi connectivity index (χ0v) is 23.6. The molecular formula is C26H39ClN4O4S. The normalized spacial score (nSPS) is 15.4. The fourth-order valence-corrected chi connectivity index (χ4v) is 6.13. The van der Waals surface area contributed by atoms with Gasteiger partial charge in [-0.3, -0.25) is 9.69 Å². The molecule has 1 amide bonds. The Labute approximate surface area is 220 Å². The summed E-state index contributed by atoms with van der Waals surface area (Å²) >= 11 is 6.06. The highest BCUT2D eigenvalue weighted by Gasteiger charge is 2.28. The number of sulfone groups is 1. The van der Waals surface area contributed by atoms with Gasteiger partial charge in [0, 0.05) is 43.7 Å². The van der Waals surface area contributed by atoms with Gasteiger partial charge in [-0.1, -0.05) is 44.5 Å². The van der Waals surface area contributed by atoms with Gasteiger partial charge in [0.05, 0.1) is 37.4 Å². The van der Waals surface area contributed by atoms with Crippen molar-refractivity contribution in [1.29, 1.82) is 0 Å². The van der Waals surface area contributed by atoms with Crippen molar-refractivity contribution in [3.8, 4) is 0 Å². The third-order valence-corrected chi connectivity index (χ3v) is 7.86. The minimum atomic E-state index is -3.73. The predicted octanol–water partition coefficient (Wildman–Crippen LogP) is 4.19. The van der Waals surface area contributed by atoms with Crippen LogP contribution in [0.1, 0.15) is 58.3 Å². The maximum Gasteiger partial charge on any atom is 0.228 e. The number of morpholine rings is 1. The van der Waals surface area contributed by atoms with Crippen LogP contribution in [0.5, 0.6) is 0 Å². The Morgan fingerprint density at radius 1 is 1.22 bits per heavy atom. The largest absolute Gasteiger partial charge is 0.379 e. The van der Waals surface area contributed by atoms with Gasteiger partial charge in [-0.15, -0.1) is 0 Å². The molecule has 1 aromatic heterocycles. The standard InChI is InChI=1S/C26H39ClN4O4S/c1-20(2)31-23(17-28-25(31)36(33,34)19-21-7-6-8-22(27)15-21)18-30(24(32)16-26(3,4)5)10-9-29-11-13-35-14-12-29/h6-8,15,17,20H,9-14,16,18-19H2,1-5H3. The molecule has 2 aromatic rings. The summed E-state index contributed by atoms with van der Waals surface area (Å²) in [6, 6.07) is 6.70. The average Bonchev–Trinajstić information content (AvgIpc) is 3.21. The summed E-state index contributed by atoms with van der Waals surface area (Å²) in [6.07, 6.45) is 2.00. The van der Waals surface area contributed by atoms with Crippen LogP contribution in [0, 0.1) is 5.41 Å². The number of halogens is 1. The summed E-state index contributed by atoms with van der Waals surface area (Å²) in [5.74, 6) is -0.143. The molecule has 0 unspecified atom stereocenters. The Morgan fingerprint density at radius 2 is 1.92 bits per heavy atom. The zero-order chi connectivity index (χ0) is 26.5. The Morgan fingerprint density at radius 3 is 2.53 bits per heavy atom. The summed E-state index contributed by atoms with van der Waals surface area (Å²) in [7, 11) is -3.73. The first-order valence-corrected chi connectivity index (χ1v) is 14.5. The van der Waals surface area contributed by atoms with E-state index in [9.17, 15) is 13.2 Å². The van der Waals surface area contributed by atoms with Crippen LogP contribution >= 0.6 is 11.6 Å². The molecule has 200 valence electrons. The number of aromatic nitrogens is 2. The predicted molar refractivity (Wildman–Crippen MR) is 142 cm³/mol. The Balaban J connectivity index is 1.86. The molecule has 0 atom stereocenters. The molecule has 0 saturated carbocycles. The van der Waals surface area contributed by atoms with Crippen LogP contribution in [0.2, 0.25) is 5.02 Å². The van der Waals surface area contributed by atoms with Gasteiger partial charge in [0.15, 0.2) is 0 Å². The number of hydrogen-bond donors (Lipinski definition) is 0. The van der Waals surface area contributed by atoms with Crippen LogP contribution in [0.3, 0.4) is 0 Å². The SMILES string of the molecule is CC(C)n1c(CN(CCN2CCOCC2)C(=O)CC(C)(C)C)cnc1S(=O)(=O)Cc1cccc(Cl)c1. The van der Waals surface area contributed by atoms with E-state index in [4.69, 9.17) is 16.3 Å². The second kappa shape index (κ2) is 12.1. The topological polar surface area (TPSA) is 84.7 Å². The molecule has 3 rings (SSSR count). The molecule has 10 heteroatoms. The molecule has 1 saturated heterocycles. The van der Waals surface area contributed by atoms with Gasteiger partial charge < -0.3 is 14.2 Å². The number of rotatable bonds is 10. The molecule has 1 aliphatic rings. The van der Waals surface area contributed by atoms with Crippen molar-refractivity contribution in [3.63, 3.8) is 0 Å². The fraction of sp³-hybridized carbons (Fsp3) is 0.615. The number of carbonyl (C=O) groups excluding carboxylic acids is 1. The number of imidazole rings is 1. The molecule has 0 bridgehead atoms. The van der Waals surface area contributed by atoms with Crippen molar-refractivity contribution >= 4 is 27.3 Å². The van der Waals surface area contributed by atoms with E-state index in [-0.39, 0.29) is 28.3 Å². The summed E-state index contributed by atoms with van der Waals surface area (Å²) in [5.41, 5.74) is 1.16. The van der Waals surface area contributed by atoms with Crippen LogP contribution in [0.25, 0.3) is 0 Å². The highest BCUT2D eigenvalue weighted by Crippen LogP contribution is 2.25. The number of carbonyl (C=O) groups is 1. The van der Waals surface area contributed by atoms with E-state index in [0.717, 1.165) is 19.6 Å². The molecule has 1 aliphatic heterocycles. The Kier molecular flexibility index (Phi) is 9.60. The van der Waals surface area contributed by atoms with Gasteiger partial charge in [-0.2, -0.15) is 0 Å². The summed E-state index contributed by atoms with van der Waals surface area (Å²) < 4.78 is 33.9. The molecule has 0 radical (unpaired) electrons. The van der Waals surface area contributed by atoms with Crippen molar-refractivity contribution < 1.29 is 17.9 Å².